The molecule has 4 rings (SSSR count). The van der Waals surface area contributed by atoms with Gasteiger partial charge in [-0.25, -0.2) is 4.98 Å². The fraction of sp³-hybridized carbons (Fsp3) is 0.417. The maximum Gasteiger partial charge on any atom is 0.254 e. The van der Waals surface area contributed by atoms with Crippen LogP contribution in [0, 0.1) is 5.92 Å². The van der Waals surface area contributed by atoms with Crippen molar-refractivity contribution in [2.45, 2.75) is 38.3 Å². The summed E-state index contributed by atoms with van der Waals surface area (Å²) in [6.07, 6.45) is 1.31. The van der Waals surface area contributed by atoms with E-state index in [0.29, 0.717) is 40.7 Å². The fourth-order valence-corrected chi connectivity index (χ4v) is 4.44. The first kappa shape index (κ1) is 23.5. The van der Waals surface area contributed by atoms with E-state index in [1.165, 1.54) is 7.11 Å². The third-order valence-corrected chi connectivity index (χ3v) is 6.12. The number of hydrogen-bond donors (Lipinski definition) is 3. The second kappa shape index (κ2) is 9.68. The number of carbonyl (C=O) groups is 2. The lowest BCUT2D eigenvalue weighted by molar-refractivity contribution is -0.135. The number of aliphatic hydroxyl groups excluding tert-OH is 1. The average molecular weight is 468 g/mol. The van der Waals surface area contributed by atoms with Crippen LogP contribution < -0.4 is 10.1 Å². The lowest BCUT2D eigenvalue weighted by Crippen LogP contribution is -2.37. The molecule has 1 aromatic carbocycles. The number of likely N-dealkylation sites (tertiary alicyclic amines) is 1. The fourth-order valence-electron chi connectivity index (χ4n) is 4.44. The molecule has 180 valence electrons. The van der Waals surface area contributed by atoms with E-state index in [9.17, 15) is 14.7 Å². The van der Waals surface area contributed by atoms with Gasteiger partial charge in [-0.3, -0.25) is 9.59 Å². The largest absolute Gasteiger partial charge is 0.479 e. The van der Waals surface area contributed by atoms with Crippen molar-refractivity contribution in [3.63, 3.8) is 0 Å². The number of rotatable bonds is 7. The summed E-state index contributed by atoms with van der Waals surface area (Å²) in [5.41, 5.74) is 1.87. The van der Waals surface area contributed by atoms with Crippen LogP contribution in [0.5, 0.6) is 5.88 Å². The number of amides is 2. The number of benzene rings is 1. The Bertz CT molecular complexity index is 1170. The summed E-state index contributed by atoms with van der Waals surface area (Å²) in [6.45, 7) is 4.04. The van der Waals surface area contributed by atoms with Crippen molar-refractivity contribution in [3.05, 3.63) is 53.7 Å². The number of nitrogens with zero attached hydrogens (tertiary/aromatic N) is 3. The van der Waals surface area contributed by atoms with Gasteiger partial charge in [0.2, 0.25) is 5.91 Å². The first-order valence-corrected chi connectivity index (χ1v) is 11.2. The second-order valence-electron chi connectivity index (χ2n) is 8.70. The Balaban J connectivity index is 1.64. The molecule has 2 amide bonds. The van der Waals surface area contributed by atoms with Crippen LogP contribution in [0.3, 0.4) is 0 Å². The van der Waals surface area contributed by atoms with Crippen LogP contribution in [0.25, 0.3) is 11.3 Å². The van der Waals surface area contributed by atoms with Crippen LogP contribution in [0.15, 0.2) is 41.1 Å². The summed E-state index contributed by atoms with van der Waals surface area (Å²) in [4.78, 5) is 35.4. The molecule has 1 aliphatic heterocycles. The first-order chi connectivity index (χ1) is 16.3. The van der Waals surface area contributed by atoms with Gasteiger partial charge in [-0.05, 0) is 17.1 Å². The van der Waals surface area contributed by atoms with E-state index in [0.717, 1.165) is 0 Å². The first-order valence-electron chi connectivity index (χ1n) is 11.2. The van der Waals surface area contributed by atoms with Crippen molar-refractivity contribution in [1.82, 2.24) is 25.3 Å². The molecule has 0 aliphatic carbocycles. The van der Waals surface area contributed by atoms with Gasteiger partial charge in [0, 0.05) is 37.2 Å². The number of aromatic nitrogens is 3. The molecule has 3 aromatic rings. The number of imidazole rings is 1. The highest BCUT2D eigenvalue weighted by Crippen LogP contribution is 2.37. The zero-order chi connectivity index (χ0) is 24.4. The third-order valence-electron chi connectivity index (χ3n) is 6.12. The van der Waals surface area contributed by atoms with Gasteiger partial charge in [0.25, 0.3) is 11.8 Å². The topological polar surface area (TPSA) is 134 Å². The quantitative estimate of drug-likeness (QED) is 0.486. The van der Waals surface area contributed by atoms with Crippen molar-refractivity contribution in [2.24, 2.45) is 5.92 Å². The molecule has 10 heteroatoms. The lowest BCUT2D eigenvalue weighted by Gasteiger charge is -2.28. The normalized spacial score (nSPS) is 18.8. The Hall–Kier alpha value is -3.66. The minimum Gasteiger partial charge on any atom is -0.479 e. The minimum atomic E-state index is -0.683. The molecule has 0 saturated carbocycles. The van der Waals surface area contributed by atoms with Gasteiger partial charge in [0.05, 0.1) is 31.1 Å². The highest BCUT2D eigenvalue weighted by atomic mass is 16.5. The number of H-pyrrole nitrogens is 1. The number of ether oxygens (including phenoxy) is 1. The molecular formula is C24H29N5O5. The highest BCUT2D eigenvalue weighted by Gasteiger charge is 2.42. The van der Waals surface area contributed by atoms with Crippen LogP contribution >= 0.6 is 0 Å². The number of carbonyl (C=O) groups excluding carboxylic acids is 2. The van der Waals surface area contributed by atoms with Gasteiger partial charge in [0.15, 0.2) is 5.76 Å². The molecule has 0 bridgehead atoms. The molecule has 1 saturated heterocycles. The Morgan fingerprint density at radius 3 is 2.76 bits per heavy atom. The standard InChI is InChI=1S/C24H29N5O5/c1-13(2)21(19-10-20(33-4)28-34-19)24(32)29-12-14(30)9-18(29)22-26-11-17(27-22)15-7-5-6-8-16(15)23(31)25-3/h5-8,10-11,13-14,18,21,30H,9,12H2,1-4H3,(H,25,31)(H,26,27)/t14-,18+,21?/m1/s1. The van der Waals surface area contributed by atoms with Crippen LogP contribution in [0.4, 0.5) is 0 Å². The summed E-state index contributed by atoms with van der Waals surface area (Å²) in [7, 11) is 3.06. The van der Waals surface area contributed by atoms with Crippen LogP contribution in [0.2, 0.25) is 0 Å². The second-order valence-corrected chi connectivity index (χ2v) is 8.70. The van der Waals surface area contributed by atoms with Crippen molar-refractivity contribution in [2.75, 3.05) is 20.7 Å². The summed E-state index contributed by atoms with van der Waals surface area (Å²) in [5.74, 6) is 0.210. The number of aliphatic hydroxyl groups is 1. The zero-order valence-electron chi connectivity index (χ0n) is 19.6. The molecule has 1 unspecified atom stereocenters. The SMILES string of the molecule is CNC(=O)c1ccccc1-c1cnc([C@@H]2C[C@@H](O)CN2C(=O)C(c2cc(OC)no2)C(C)C)[nH]1. The predicted molar refractivity (Wildman–Crippen MR) is 123 cm³/mol. The molecule has 1 aliphatic rings. The van der Waals surface area contributed by atoms with Gasteiger partial charge in [-0.2, -0.15) is 0 Å². The van der Waals surface area contributed by atoms with Gasteiger partial charge in [-0.1, -0.05) is 32.0 Å². The molecule has 34 heavy (non-hydrogen) atoms. The monoisotopic (exact) mass is 467 g/mol. The van der Waals surface area contributed by atoms with Gasteiger partial charge < -0.3 is 29.6 Å². The molecule has 3 N–H and O–H groups in total. The van der Waals surface area contributed by atoms with E-state index < -0.39 is 18.1 Å². The smallest absolute Gasteiger partial charge is 0.254 e. The summed E-state index contributed by atoms with van der Waals surface area (Å²) >= 11 is 0. The predicted octanol–water partition coefficient (Wildman–Crippen LogP) is 2.51. The highest BCUT2D eigenvalue weighted by molar-refractivity contribution is 6.00. The van der Waals surface area contributed by atoms with Crippen molar-refractivity contribution in [3.8, 4) is 17.1 Å². The maximum atomic E-state index is 13.7. The molecule has 2 aromatic heterocycles. The van der Waals surface area contributed by atoms with Gasteiger partial charge in [0.1, 0.15) is 11.7 Å². The molecule has 1 fully saturated rings. The van der Waals surface area contributed by atoms with Crippen LogP contribution in [-0.2, 0) is 4.79 Å². The summed E-state index contributed by atoms with van der Waals surface area (Å²) in [6, 6.07) is 8.38. The van der Waals surface area contributed by atoms with Gasteiger partial charge in [-0.15, -0.1) is 0 Å². The summed E-state index contributed by atoms with van der Waals surface area (Å²) < 4.78 is 10.5. The Morgan fingerprint density at radius 2 is 2.09 bits per heavy atom. The molecule has 0 radical (unpaired) electrons. The summed E-state index contributed by atoms with van der Waals surface area (Å²) in [5, 5.41) is 16.9. The van der Waals surface area contributed by atoms with E-state index in [1.54, 1.807) is 36.3 Å². The van der Waals surface area contributed by atoms with Crippen molar-refractivity contribution < 1.29 is 24.0 Å². The van der Waals surface area contributed by atoms with E-state index in [4.69, 9.17) is 9.26 Å². The lowest BCUT2D eigenvalue weighted by atomic mass is 9.91. The third kappa shape index (κ3) is 4.41. The molecule has 3 atom stereocenters. The van der Waals surface area contributed by atoms with Crippen LogP contribution in [0.1, 0.15) is 54.2 Å². The number of hydrogen-bond acceptors (Lipinski definition) is 7. The molecular weight excluding hydrogens is 438 g/mol. The molecule has 10 nitrogen and oxygen atoms in total. The number of β-amino-alcohol motifs (C(OH)–C–C–N with tert-alkyl or cyclic N) is 1. The van der Waals surface area contributed by atoms with Crippen molar-refractivity contribution in [1.29, 1.82) is 0 Å². The molecule has 0 spiro atoms. The van der Waals surface area contributed by atoms with E-state index in [-0.39, 0.29) is 24.3 Å². The number of methoxy groups -OCH3 is 1. The zero-order valence-corrected chi connectivity index (χ0v) is 19.6. The van der Waals surface area contributed by atoms with Crippen molar-refractivity contribution >= 4 is 11.8 Å². The number of nitrogens with one attached hydrogen (secondary N) is 2. The Labute approximate surface area is 197 Å². The Kier molecular flexibility index (Phi) is 6.69. The van der Waals surface area contributed by atoms with E-state index >= 15 is 0 Å². The minimum absolute atomic E-state index is 0.0739. The Morgan fingerprint density at radius 1 is 1.32 bits per heavy atom. The van der Waals surface area contributed by atoms with Crippen LogP contribution in [-0.4, -0.2) is 63.8 Å². The van der Waals surface area contributed by atoms with E-state index in [1.807, 2.05) is 26.0 Å². The van der Waals surface area contributed by atoms with Gasteiger partial charge >= 0.3 is 0 Å². The number of aromatic amines is 1. The molecule has 3 heterocycles. The average Bonchev–Trinajstić information content (AvgIpc) is 3.58. The maximum absolute atomic E-state index is 13.7. The van der Waals surface area contributed by atoms with E-state index in [2.05, 4.69) is 20.4 Å².